The Balaban J connectivity index is 1.61. The molecule has 7 heteroatoms. The minimum absolute atomic E-state index is 0.255. The van der Waals surface area contributed by atoms with E-state index in [1.54, 1.807) is 60.7 Å². The molecule has 0 aliphatic heterocycles. The van der Waals surface area contributed by atoms with E-state index >= 15 is 0 Å². The molecule has 0 atom stereocenters. The Morgan fingerprint density at radius 2 is 1.60 bits per heavy atom. The van der Waals surface area contributed by atoms with Crippen molar-refractivity contribution in [3.05, 3.63) is 94.5 Å². The van der Waals surface area contributed by atoms with Gasteiger partial charge in [-0.3, -0.25) is 14.4 Å². The molecule has 2 amide bonds. The minimum atomic E-state index is -0.454. The van der Waals surface area contributed by atoms with Crippen LogP contribution in [0.5, 0.6) is 5.75 Å². The Morgan fingerprint density at radius 1 is 0.867 bits per heavy atom. The summed E-state index contributed by atoms with van der Waals surface area (Å²) in [5.41, 5.74) is 2.29. The zero-order chi connectivity index (χ0) is 21.5. The summed E-state index contributed by atoms with van der Waals surface area (Å²) in [5, 5.41) is 6.19. The van der Waals surface area contributed by atoms with E-state index in [-0.39, 0.29) is 18.4 Å². The van der Waals surface area contributed by atoms with Crippen LogP contribution in [0.4, 0.5) is 5.69 Å². The third-order valence-corrected chi connectivity index (χ3v) is 4.35. The van der Waals surface area contributed by atoms with Crippen LogP contribution in [0.2, 0.25) is 5.02 Å². The first-order chi connectivity index (χ1) is 14.4. The largest absolute Gasteiger partial charge is 0.427 e. The van der Waals surface area contributed by atoms with Crippen molar-refractivity contribution in [2.24, 2.45) is 0 Å². The average Bonchev–Trinajstić information content (AvgIpc) is 2.72. The lowest BCUT2D eigenvalue weighted by atomic mass is 10.1. The molecule has 0 radical (unpaired) electrons. The summed E-state index contributed by atoms with van der Waals surface area (Å²) < 4.78 is 5.00. The number of hydrogen-bond donors (Lipinski definition) is 2. The smallest absolute Gasteiger partial charge is 0.308 e. The topological polar surface area (TPSA) is 84.5 Å². The summed E-state index contributed by atoms with van der Waals surface area (Å²) in [4.78, 5) is 35.8. The standard InChI is InChI=1S/C23H19ClN2O4/c1-15(27)30-21-7-3-5-18(13-21)22(28)25-14-16-4-2-6-20(12-16)26-23(29)17-8-10-19(24)11-9-17/h2-13H,14H2,1H3,(H,25,28)(H,26,29). The molecule has 0 heterocycles. The van der Waals surface area contributed by atoms with Gasteiger partial charge in [-0.1, -0.05) is 29.8 Å². The van der Waals surface area contributed by atoms with Gasteiger partial charge in [0.2, 0.25) is 0 Å². The number of amides is 2. The first-order valence-corrected chi connectivity index (χ1v) is 9.51. The maximum absolute atomic E-state index is 12.4. The van der Waals surface area contributed by atoms with Crippen LogP contribution in [0.15, 0.2) is 72.8 Å². The number of halogens is 1. The maximum Gasteiger partial charge on any atom is 0.308 e. The van der Waals surface area contributed by atoms with Crippen LogP contribution in [0, 0.1) is 0 Å². The van der Waals surface area contributed by atoms with Gasteiger partial charge < -0.3 is 15.4 Å². The molecule has 2 N–H and O–H groups in total. The molecule has 30 heavy (non-hydrogen) atoms. The SMILES string of the molecule is CC(=O)Oc1cccc(C(=O)NCc2cccc(NC(=O)c3ccc(Cl)cc3)c2)c1. The molecule has 3 rings (SSSR count). The fraction of sp³-hybridized carbons (Fsp3) is 0.0870. The third-order valence-electron chi connectivity index (χ3n) is 4.10. The first-order valence-electron chi connectivity index (χ1n) is 9.13. The molecule has 0 aliphatic rings. The first kappa shape index (κ1) is 21.1. The highest BCUT2D eigenvalue weighted by Gasteiger charge is 2.09. The summed E-state index contributed by atoms with van der Waals surface area (Å²) in [6.45, 7) is 1.56. The van der Waals surface area contributed by atoms with Crippen molar-refractivity contribution in [2.45, 2.75) is 13.5 Å². The van der Waals surface area contributed by atoms with Gasteiger partial charge in [0.1, 0.15) is 5.75 Å². The number of hydrogen-bond acceptors (Lipinski definition) is 4. The zero-order valence-electron chi connectivity index (χ0n) is 16.1. The number of carbonyl (C=O) groups is 3. The predicted octanol–water partition coefficient (Wildman–Crippen LogP) is 4.45. The number of rotatable bonds is 6. The van der Waals surface area contributed by atoms with Crippen LogP contribution >= 0.6 is 11.6 Å². The van der Waals surface area contributed by atoms with Crippen molar-refractivity contribution in [1.82, 2.24) is 5.32 Å². The van der Waals surface area contributed by atoms with Crippen molar-refractivity contribution in [2.75, 3.05) is 5.32 Å². The summed E-state index contributed by atoms with van der Waals surface area (Å²) in [6, 6.07) is 20.1. The van der Waals surface area contributed by atoms with Crippen LogP contribution in [-0.4, -0.2) is 17.8 Å². The second-order valence-corrected chi connectivity index (χ2v) is 6.90. The quantitative estimate of drug-likeness (QED) is 0.454. The third kappa shape index (κ3) is 5.93. The van der Waals surface area contributed by atoms with E-state index in [1.807, 2.05) is 6.07 Å². The van der Waals surface area contributed by atoms with Gasteiger partial charge in [-0.25, -0.2) is 0 Å². The van der Waals surface area contributed by atoms with Crippen LogP contribution in [0.25, 0.3) is 0 Å². The van der Waals surface area contributed by atoms with Gasteiger partial charge in [0, 0.05) is 35.3 Å². The van der Waals surface area contributed by atoms with Gasteiger partial charge in [0.15, 0.2) is 0 Å². The van der Waals surface area contributed by atoms with Crippen molar-refractivity contribution >= 4 is 35.1 Å². The van der Waals surface area contributed by atoms with Crippen molar-refractivity contribution in [3.63, 3.8) is 0 Å². The molecule has 0 aliphatic carbocycles. The highest BCUT2D eigenvalue weighted by molar-refractivity contribution is 6.30. The Labute approximate surface area is 178 Å². The molecular weight excluding hydrogens is 404 g/mol. The number of nitrogens with one attached hydrogen (secondary N) is 2. The molecule has 0 spiro atoms. The molecule has 0 aromatic heterocycles. The van der Waals surface area contributed by atoms with Gasteiger partial charge in [0.25, 0.3) is 11.8 Å². The lowest BCUT2D eigenvalue weighted by molar-refractivity contribution is -0.131. The molecule has 3 aromatic rings. The fourth-order valence-electron chi connectivity index (χ4n) is 2.71. The predicted molar refractivity (Wildman–Crippen MR) is 115 cm³/mol. The van der Waals surface area contributed by atoms with E-state index in [0.29, 0.717) is 27.6 Å². The normalized spacial score (nSPS) is 10.2. The van der Waals surface area contributed by atoms with E-state index in [2.05, 4.69) is 10.6 Å². The number of benzene rings is 3. The van der Waals surface area contributed by atoms with Crippen LogP contribution in [-0.2, 0) is 11.3 Å². The van der Waals surface area contributed by atoms with Gasteiger partial charge in [0.05, 0.1) is 0 Å². The molecule has 0 bridgehead atoms. The van der Waals surface area contributed by atoms with Gasteiger partial charge in [-0.2, -0.15) is 0 Å². The van der Waals surface area contributed by atoms with Crippen LogP contribution in [0.3, 0.4) is 0 Å². The summed E-state index contributed by atoms with van der Waals surface area (Å²) in [6.07, 6.45) is 0. The second-order valence-electron chi connectivity index (χ2n) is 6.47. The van der Waals surface area contributed by atoms with E-state index in [4.69, 9.17) is 16.3 Å². The minimum Gasteiger partial charge on any atom is -0.427 e. The lowest BCUT2D eigenvalue weighted by Crippen LogP contribution is -2.23. The Hall–Kier alpha value is -3.64. The van der Waals surface area contributed by atoms with Gasteiger partial charge >= 0.3 is 5.97 Å². The molecule has 3 aromatic carbocycles. The van der Waals surface area contributed by atoms with Gasteiger partial charge in [-0.15, -0.1) is 0 Å². The molecule has 0 unspecified atom stereocenters. The number of carbonyl (C=O) groups excluding carboxylic acids is 3. The molecule has 0 saturated heterocycles. The van der Waals surface area contributed by atoms with E-state index in [9.17, 15) is 14.4 Å². The van der Waals surface area contributed by atoms with Crippen LogP contribution in [0.1, 0.15) is 33.2 Å². The maximum atomic E-state index is 12.4. The zero-order valence-corrected chi connectivity index (χ0v) is 16.9. The Kier molecular flexibility index (Phi) is 6.83. The summed E-state index contributed by atoms with van der Waals surface area (Å²) >= 11 is 5.84. The second kappa shape index (κ2) is 9.71. The highest BCUT2D eigenvalue weighted by atomic mass is 35.5. The Bertz CT molecular complexity index is 1080. The van der Waals surface area contributed by atoms with E-state index < -0.39 is 5.97 Å². The molecular formula is C23H19ClN2O4. The molecule has 152 valence electrons. The van der Waals surface area contributed by atoms with Gasteiger partial charge in [-0.05, 0) is 60.2 Å². The molecule has 6 nitrogen and oxygen atoms in total. The number of ether oxygens (including phenoxy) is 1. The highest BCUT2D eigenvalue weighted by Crippen LogP contribution is 2.16. The average molecular weight is 423 g/mol. The van der Waals surface area contributed by atoms with Crippen molar-refractivity contribution in [1.29, 1.82) is 0 Å². The number of esters is 1. The van der Waals surface area contributed by atoms with E-state index in [0.717, 1.165) is 5.56 Å². The van der Waals surface area contributed by atoms with Crippen LogP contribution < -0.4 is 15.4 Å². The van der Waals surface area contributed by atoms with E-state index in [1.165, 1.54) is 13.0 Å². The number of anilines is 1. The fourth-order valence-corrected chi connectivity index (χ4v) is 2.84. The summed E-state index contributed by atoms with van der Waals surface area (Å²) in [5.74, 6) is -0.707. The lowest BCUT2D eigenvalue weighted by Gasteiger charge is -2.10. The molecule has 0 saturated carbocycles. The molecule has 0 fully saturated rings. The van der Waals surface area contributed by atoms with Crippen molar-refractivity contribution < 1.29 is 19.1 Å². The monoisotopic (exact) mass is 422 g/mol. The summed E-state index contributed by atoms with van der Waals surface area (Å²) in [7, 11) is 0. The Morgan fingerprint density at radius 3 is 2.33 bits per heavy atom. The van der Waals surface area contributed by atoms with Crippen molar-refractivity contribution in [3.8, 4) is 5.75 Å².